The van der Waals surface area contributed by atoms with Crippen LogP contribution in [0.3, 0.4) is 0 Å². The van der Waals surface area contributed by atoms with Gasteiger partial charge in [0.15, 0.2) is 0 Å². The van der Waals surface area contributed by atoms with Crippen LogP contribution in [0.25, 0.3) is 43.1 Å². The maximum atomic E-state index is 5.10. The van der Waals surface area contributed by atoms with E-state index in [2.05, 4.69) is 134 Å². The van der Waals surface area contributed by atoms with Gasteiger partial charge in [0, 0.05) is 23.2 Å². The zero-order valence-electron chi connectivity index (χ0n) is 22.1. The van der Waals surface area contributed by atoms with Crippen LogP contribution in [-0.2, 0) is 0 Å². The molecule has 2 nitrogen and oxygen atoms in total. The summed E-state index contributed by atoms with van der Waals surface area (Å²) in [4.78, 5) is 10.2. The molecule has 0 amide bonds. The highest BCUT2D eigenvalue weighted by molar-refractivity contribution is 7.13. The second-order valence-corrected chi connectivity index (χ2v) is 14.9. The van der Waals surface area contributed by atoms with Crippen molar-refractivity contribution in [1.29, 1.82) is 0 Å². The SMILES string of the molecule is C[Si]1(C)C(c2cc3ccccc3cn2)=C(c2ccccc2)C(c2ccccc2)=C1c1cc2ccccc2cn1. The molecule has 0 bridgehead atoms. The van der Waals surface area contributed by atoms with Crippen LogP contribution in [0.15, 0.2) is 134 Å². The lowest BCUT2D eigenvalue weighted by molar-refractivity contribution is 1.31. The molecule has 0 N–H and O–H groups in total. The van der Waals surface area contributed by atoms with Crippen LogP contribution in [0.2, 0.25) is 13.1 Å². The lowest BCUT2D eigenvalue weighted by atomic mass is 9.90. The van der Waals surface area contributed by atoms with Gasteiger partial charge in [0.1, 0.15) is 8.07 Å². The van der Waals surface area contributed by atoms with E-state index in [0.29, 0.717) is 0 Å². The van der Waals surface area contributed by atoms with E-state index >= 15 is 0 Å². The number of hydrogen-bond donors (Lipinski definition) is 0. The quantitative estimate of drug-likeness (QED) is 0.218. The van der Waals surface area contributed by atoms with Crippen molar-refractivity contribution in [3.8, 4) is 0 Å². The summed E-state index contributed by atoms with van der Waals surface area (Å²) in [7, 11) is -2.31. The highest BCUT2D eigenvalue weighted by Gasteiger charge is 2.45. The fraction of sp³-hybridized carbons (Fsp3) is 0.0556. The molecule has 0 fully saturated rings. The lowest BCUT2D eigenvalue weighted by Crippen LogP contribution is -2.29. The highest BCUT2D eigenvalue weighted by atomic mass is 28.3. The molecule has 3 heteroatoms. The number of hydrogen-bond acceptors (Lipinski definition) is 2. The Hall–Kier alpha value is -4.60. The Morgan fingerprint density at radius 2 is 0.795 bits per heavy atom. The van der Waals surface area contributed by atoms with Crippen molar-refractivity contribution in [3.05, 3.63) is 156 Å². The van der Waals surface area contributed by atoms with Crippen LogP contribution in [-0.4, -0.2) is 18.0 Å². The first-order chi connectivity index (χ1) is 19.1. The van der Waals surface area contributed by atoms with E-state index in [-0.39, 0.29) is 0 Å². The zero-order chi connectivity index (χ0) is 26.4. The molecule has 0 aliphatic carbocycles. The van der Waals surface area contributed by atoms with Crippen molar-refractivity contribution in [3.63, 3.8) is 0 Å². The molecule has 7 rings (SSSR count). The fourth-order valence-corrected chi connectivity index (χ4v) is 9.72. The van der Waals surface area contributed by atoms with Gasteiger partial charge in [0.2, 0.25) is 0 Å². The molecule has 0 spiro atoms. The predicted octanol–water partition coefficient (Wildman–Crippen LogP) is 9.11. The molecule has 0 unspecified atom stereocenters. The summed E-state index contributed by atoms with van der Waals surface area (Å²) in [6.45, 7) is 4.93. The van der Waals surface area contributed by atoms with Gasteiger partial charge in [-0.3, -0.25) is 9.97 Å². The van der Waals surface area contributed by atoms with Crippen LogP contribution in [0.5, 0.6) is 0 Å². The van der Waals surface area contributed by atoms with Gasteiger partial charge < -0.3 is 0 Å². The fourth-order valence-electron chi connectivity index (χ4n) is 6.12. The minimum atomic E-state index is -2.31. The van der Waals surface area contributed by atoms with Gasteiger partial charge in [-0.15, -0.1) is 0 Å². The van der Waals surface area contributed by atoms with Gasteiger partial charge in [-0.1, -0.05) is 122 Å². The van der Waals surface area contributed by atoms with Gasteiger partial charge in [0.05, 0.1) is 11.4 Å². The summed E-state index contributed by atoms with van der Waals surface area (Å²) in [6, 6.07) is 43.2. The van der Waals surface area contributed by atoms with Gasteiger partial charge in [0.25, 0.3) is 0 Å². The Balaban J connectivity index is 1.59. The molecular formula is C36H28N2Si. The third-order valence-corrected chi connectivity index (χ3v) is 11.4. The van der Waals surface area contributed by atoms with E-state index in [0.717, 1.165) is 22.2 Å². The topological polar surface area (TPSA) is 25.8 Å². The first-order valence-electron chi connectivity index (χ1n) is 13.4. The van der Waals surface area contributed by atoms with E-state index in [1.165, 1.54) is 43.4 Å². The molecule has 3 heterocycles. The maximum Gasteiger partial charge on any atom is 0.119 e. The predicted molar refractivity (Wildman–Crippen MR) is 167 cm³/mol. The number of nitrogens with zero attached hydrogens (tertiary/aromatic N) is 2. The Bertz CT molecular complexity index is 1780. The molecule has 1 aliphatic heterocycles. The van der Waals surface area contributed by atoms with Crippen molar-refractivity contribution < 1.29 is 0 Å². The average Bonchev–Trinajstić information content (AvgIpc) is 3.24. The standard InChI is InChI=1S/C36H28N2Si/c1-39(2)35(31-21-27-17-9-11-19-29(27)23-37-31)33(25-13-5-3-6-14-25)34(26-15-7-4-8-16-26)36(39)32-22-28-18-10-12-20-30(28)24-38-32/h3-24H,1-2H3. The van der Waals surface area contributed by atoms with Crippen molar-refractivity contribution >= 4 is 51.2 Å². The number of aromatic nitrogens is 2. The number of rotatable bonds is 4. The normalized spacial score (nSPS) is 14.9. The molecular weight excluding hydrogens is 488 g/mol. The Labute approximate surface area is 230 Å². The summed E-state index contributed by atoms with van der Waals surface area (Å²) in [5, 5.41) is 7.48. The summed E-state index contributed by atoms with van der Waals surface area (Å²) >= 11 is 0. The Morgan fingerprint density at radius 1 is 0.436 bits per heavy atom. The second kappa shape index (κ2) is 9.30. The van der Waals surface area contributed by atoms with E-state index in [1.54, 1.807) is 0 Å². The molecule has 0 radical (unpaired) electrons. The number of allylic oxidation sites excluding steroid dienone is 2. The summed E-state index contributed by atoms with van der Waals surface area (Å²) in [5.74, 6) is 0. The molecule has 6 aromatic rings. The Kier molecular flexibility index (Phi) is 5.61. The smallest absolute Gasteiger partial charge is 0.119 e. The molecule has 0 saturated heterocycles. The van der Waals surface area contributed by atoms with Crippen LogP contribution < -0.4 is 0 Å². The number of benzene rings is 4. The highest BCUT2D eigenvalue weighted by Crippen LogP contribution is 2.55. The van der Waals surface area contributed by atoms with Crippen LogP contribution in [0.4, 0.5) is 0 Å². The maximum absolute atomic E-state index is 5.10. The average molecular weight is 517 g/mol. The van der Waals surface area contributed by atoms with Crippen LogP contribution >= 0.6 is 0 Å². The zero-order valence-corrected chi connectivity index (χ0v) is 23.1. The molecule has 0 atom stereocenters. The summed E-state index contributed by atoms with van der Waals surface area (Å²) in [5.41, 5.74) is 7.13. The molecule has 186 valence electrons. The van der Waals surface area contributed by atoms with E-state index < -0.39 is 8.07 Å². The van der Waals surface area contributed by atoms with E-state index in [9.17, 15) is 0 Å². The molecule has 1 aliphatic rings. The first kappa shape index (κ1) is 23.5. The molecule has 2 aromatic heterocycles. The van der Waals surface area contributed by atoms with Crippen molar-refractivity contribution in [1.82, 2.24) is 9.97 Å². The largest absolute Gasteiger partial charge is 0.256 e. The van der Waals surface area contributed by atoms with Crippen molar-refractivity contribution in [2.75, 3.05) is 0 Å². The van der Waals surface area contributed by atoms with Crippen molar-refractivity contribution in [2.45, 2.75) is 13.1 Å². The van der Waals surface area contributed by atoms with Gasteiger partial charge in [-0.25, -0.2) is 0 Å². The molecule has 4 aromatic carbocycles. The molecule has 0 saturated carbocycles. The van der Waals surface area contributed by atoms with E-state index in [4.69, 9.17) is 9.97 Å². The lowest BCUT2D eigenvalue weighted by Gasteiger charge is -2.25. The first-order valence-corrected chi connectivity index (χ1v) is 16.4. The summed E-state index contributed by atoms with van der Waals surface area (Å²) < 4.78 is 0. The van der Waals surface area contributed by atoms with Gasteiger partial charge in [-0.2, -0.15) is 0 Å². The minimum Gasteiger partial charge on any atom is -0.256 e. The van der Waals surface area contributed by atoms with Gasteiger partial charge >= 0.3 is 0 Å². The van der Waals surface area contributed by atoms with E-state index in [1.807, 2.05) is 12.4 Å². The van der Waals surface area contributed by atoms with Crippen molar-refractivity contribution in [2.24, 2.45) is 0 Å². The third-order valence-electron chi connectivity index (χ3n) is 7.90. The monoisotopic (exact) mass is 516 g/mol. The van der Waals surface area contributed by atoms with Crippen LogP contribution in [0, 0.1) is 0 Å². The summed E-state index contributed by atoms with van der Waals surface area (Å²) in [6.07, 6.45) is 4.05. The third kappa shape index (κ3) is 3.94. The van der Waals surface area contributed by atoms with Crippen LogP contribution in [0.1, 0.15) is 22.5 Å². The number of fused-ring (bicyclic) bond motifs is 2. The van der Waals surface area contributed by atoms with Gasteiger partial charge in [-0.05, 0) is 55.6 Å². The number of pyridine rings is 2. The molecule has 39 heavy (non-hydrogen) atoms. The Morgan fingerprint density at radius 3 is 1.21 bits per heavy atom. The second-order valence-electron chi connectivity index (χ2n) is 10.7. The minimum absolute atomic E-state index is 1.06.